The van der Waals surface area contributed by atoms with E-state index in [1.165, 1.54) is 6.20 Å². The molecule has 11 heteroatoms. The number of aromatic nitrogens is 6. The zero-order valence-electron chi connectivity index (χ0n) is 24.8. The van der Waals surface area contributed by atoms with Crippen molar-refractivity contribution < 1.29 is 0 Å². The minimum absolute atomic E-state index is 0.166. The van der Waals surface area contributed by atoms with Crippen molar-refractivity contribution in [3.05, 3.63) is 89.1 Å². The van der Waals surface area contributed by atoms with E-state index in [0.717, 1.165) is 53.9 Å². The van der Waals surface area contributed by atoms with Crippen LogP contribution in [-0.2, 0) is 7.05 Å². The van der Waals surface area contributed by atoms with Crippen molar-refractivity contribution in [2.45, 2.75) is 51.2 Å². The molecular weight excluding hydrogens is 560 g/mol. The van der Waals surface area contributed by atoms with Gasteiger partial charge in [-0.1, -0.05) is 47.1 Å². The van der Waals surface area contributed by atoms with Gasteiger partial charge in [0.05, 0.1) is 52.0 Å². The SMILES string of the molecule is Cn1cc(Nc2c(C#N)cnc3c(Cl)cc(NC(c4ccccc4)c4cn(C5CCN(C(C)(C)C)CC5)nn4)cc23)cn1. The number of hydrogen-bond acceptors (Lipinski definition) is 8. The fraction of sp³-hybridized carbons (Fsp3) is 0.344. The van der Waals surface area contributed by atoms with Gasteiger partial charge in [0.15, 0.2) is 0 Å². The second-order valence-electron chi connectivity index (χ2n) is 12.0. The van der Waals surface area contributed by atoms with Crippen molar-refractivity contribution in [3.8, 4) is 6.07 Å². The molecule has 0 spiro atoms. The van der Waals surface area contributed by atoms with Crippen LogP contribution in [0.4, 0.5) is 17.1 Å². The lowest BCUT2D eigenvalue weighted by Gasteiger charge is -2.40. The summed E-state index contributed by atoms with van der Waals surface area (Å²) in [6, 6.07) is 16.3. The number of benzene rings is 2. The number of anilines is 3. The van der Waals surface area contributed by atoms with E-state index in [1.54, 1.807) is 10.9 Å². The number of hydrogen-bond donors (Lipinski definition) is 2. The summed E-state index contributed by atoms with van der Waals surface area (Å²) in [5, 5.41) is 31.6. The van der Waals surface area contributed by atoms with Gasteiger partial charge >= 0.3 is 0 Å². The summed E-state index contributed by atoms with van der Waals surface area (Å²) in [7, 11) is 1.84. The maximum absolute atomic E-state index is 9.89. The average Bonchev–Trinajstić information content (AvgIpc) is 3.65. The van der Waals surface area contributed by atoms with E-state index in [-0.39, 0.29) is 11.6 Å². The van der Waals surface area contributed by atoms with Crippen LogP contribution >= 0.6 is 11.6 Å². The highest BCUT2D eigenvalue weighted by Gasteiger charge is 2.29. The summed E-state index contributed by atoms with van der Waals surface area (Å²) < 4.78 is 3.72. The Morgan fingerprint density at radius 2 is 1.81 bits per heavy atom. The Kier molecular flexibility index (Phi) is 7.77. The van der Waals surface area contributed by atoms with Crippen molar-refractivity contribution in [2.24, 2.45) is 7.05 Å². The number of fused-ring (bicyclic) bond motifs is 1. The summed E-state index contributed by atoms with van der Waals surface area (Å²) in [5.41, 5.74) is 5.18. The largest absolute Gasteiger partial charge is 0.373 e. The molecule has 10 nitrogen and oxygen atoms in total. The molecule has 6 rings (SSSR count). The van der Waals surface area contributed by atoms with Crippen molar-refractivity contribution >= 4 is 39.6 Å². The third-order valence-electron chi connectivity index (χ3n) is 8.07. The summed E-state index contributed by atoms with van der Waals surface area (Å²) in [4.78, 5) is 7.03. The van der Waals surface area contributed by atoms with E-state index in [0.29, 0.717) is 27.8 Å². The standard InChI is InChI=1S/C32H35ClN10/c1-32(2,3)42-12-10-25(11-13-42)43-20-28(39-40-43)30(21-8-6-5-7-9-21)37-23-14-26-29(38-24-18-36-41(4)19-24)22(16-34)17-35-31(26)27(33)15-23/h5-9,14-15,17-20,25,30,37H,10-13H2,1-4H3,(H,35,38). The van der Waals surface area contributed by atoms with Gasteiger partial charge in [0.1, 0.15) is 11.8 Å². The van der Waals surface area contributed by atoms with E-state index < -0.39 is 0 Å². The molecule has 1 unspecified atom stereocenters. The molecule has 1 aliphatic heterocycles. The van der Waals surface area contributed by atoms with E-state index in [9.17, 15) is 5.26 Å². The third kappa shape index (κ3) is 6.05. The van der Waals surface area contributed by atoms with Crippen molar-refractivity contribution in [1.82, 2.24) is 34.7 Å². The predicted octanol–water partition coefficient (Wildman–Crippen LogP) is 6.47. The smallest absolute Gasteiger partial charge is 0.109 e. The Morgan fingerprint density at radius 3 is 2.49 bits per heavy atom. The molecule has 4 heterocycles. The molecule has 1 saturated heterocycles. The maximum atomic E-state index is 9.89. The van der Waals surface area contributed by atoms with Gasteiger partial charge in [-0.05, 0) is 51.3 Å². The van der Waals surface area contributed by atoms with E-state index in [1.807, 2.05) is 48.3 Å². The first-order chi connectivity index (χ1) is 20.7. The van der Waals surface area contributed by atoms with Crippen LogP contribution in [0.3, 0.4) is 0 Å². The zero-order chi connectivity index (χ0) is 30.1. The normalized spacial score (nSPS) is 15.3. The predicted molar refractivity (Wildman–Crippen MR) is 169 cm³/mol. The highest BCUT2D eigenvalue weighted by molar-refractivity contribution is 6.36. The van der Waals surface area contributed by atoms with Gasteiger partial charge in [-0.3, -0.25) is 14.6 Å². The number of pyridine rings is 1. The number of nitriles is 1. The van der Waals surface area contributed by atoms with Crippen molar-refractivity contribution in [1.29, 1.82) is 5.26 Å². The number of nitrogens with one attached hydrogen (secondary N) is 2. The maximum Gasteiger partial charge on any atom is 0.109 e. The van der Waals surface area contributed by atoms with Crippen molar-refractivity contribution in [3.63, 3.8) is 0 Å². The first-order valence-electron chi connectivity index (χ1n) is 14.5. The van der Waals surface area contributed by atoms with Gasteiger partial charge < -0.3 is 10.6 Å². The van der Waals surface area contributed by atoms with E-state index in [2.05, 4.69) is 81.1 Å². The van der Waals surface area contributed by atoms with Crippen LogP contribution in [0.25, 0.3) is 10.9 Å². The highest BCUT2D eigenvalue weighted by Crippen LogP contribution is 2.37. The topological polar surface area (TPSA) is 113 Å². The molecule has 0 radical (unpaired) electrons. The molecule has 3 aromatic heterocycles. The highest BCUT2D eigenvalue weighted by atomic mass is 35.5. The second kappa shape index (κ2) is 11.7. The molecule has 0 saturated carbocycles. The number of nitrogens with zero attached hydrogens (tertiary/aromatic N) is 8. The Hall–Kier alpha value is -4.46. The van der Waals surface area contributed by atoms with Crippen LogP contribution in [-0.4, -0.2) is 53.3 Å². The molecule has 220 valence electrons. The van der Waals surface area contributed by atoms with Gasteiger partial charge in [-0.25, -0.2) is 4.68 Å². The monoisotopic (exact) mass is 594 g/mol. The first kappa shape index (κ1) is 28.6. The summed E-state index contributed by atoms with van der Waals surface area (Å²) >= 11 is 6.80. The average molecular weight is 595 g/mol. The van der Waals surface area contributed by atoms with Gasteiger partial charge in [0.2, 0.25) is 0 Å². The van der Waals surface area contributed by atoms with Gasteiger partial charge in [-0.15, -0.1) is 5.10 Å². The lowest BCUT2D eigenvalue weighted by atomic mass is 9.98. The Morgan fingerprint density at radius 1 is 1.05 bits per heavy atom. The molecule has 1 fully saturated rings. The lowest BCUT2D eigenvalue weighted by molar-refractivity contribution is 0.0866. The van der Waals surface area contributed by atoms with Crippen LogP contribution in [0, 0.1) is 11.3 Å². The van der Waals surface area contributed by atoms with Crippen LogP contribution in [0.2, 0.25) is 5.02 Å². The van der Waals surface area contributed by atoms with E-state index in [4.69, 9.17) is 11.6 Å². The lowest BCUT2D eigenvalue weighted by Crippen LogP contribution is -2.46. The number of piperidine rings is 1. The zero-order valence-corrected chi connectivity index (χ0v) is 25.5. The number of rotatable bonds is 7. The minimum atomic E-state index is -0.278. The molecule has 1 aliphatic rings. The Labute approximate surface area is 256 Å². The van der Waals surface area contributed by atoms with Crippen LogP contribution < -0.4 is 10.6 Å². The molecule has 0 bridgehead atoms. The molecule has 2 aromatic carbocycles. The Bertz CT molecular complexity index is 1770. The summed E-state index contributed by atoms with van der Waals surface area (Å²) in [6.07, 6.45) is 9.22. The molecule has 5 aromatic rings. The van der Waals surface area contributed by atoms with Gasteiger partial charge in [0.25, 0.3) is 0 Å². The van der Waals surface area contributed by atoms with Gasteiger partial charge in [-0.2, -0.15) is 10.4 Å². The Balaban J connectivity index is 1.34. The molecule has 0 amide bonds. The molecule has 2 N–H and O–H groups in total. The first-order valence-corrected chi connectivity index (χ1v) is 14.8. The van der Waals surface area contributed by atoms with E-state index >= 15 is 0 Å². The molecule has 1 atom stereocenters. The second-order valence-corrected chi connectivity index (χ2v) is 12.4. The van der Waals surface area contributed by atoms with Crippen LogP contribution in [0.15, 0.2) is 67.3 Å². The van der Waals surface area contributed by atoms with Crippen LogP contribution in [0.5, 0.6) is 0 Å². The molecule has 43 heavy (non-hydrogen) atoms. The molecular formula is C32H35ClN10. The molecule has 0 aliphatic carbocycles. The summed E-state index contributed by atoms with van der Waals surface area (Å²) in [5.74, 6) is 0. The van der Waals surface area contributed by atoms with Crippen LogP contribution in [0.1, 0.15) is 62.5 Å². The fourth-order valence-corrected chi connectivity index (χ4v) is 6.00. The number of aryl methyl sites for hydroxylation is 1. The number of likely N-dealkylation sites (tertiary alicyclic amines) is 1. The quantitative estimate of drug-likeness (QED) is 0.221. The summed E-state index contributed by atoms with van der Waals surface area (Å²) in [6.45, 7) is 8.88. The van der Waals surface area contributed by atoms with Crippen molar-refractivity contribution in [2.75, 3.05) is 23.7 Å². The minimum Gasteiger partial charge on any atom is -0.373 e. The van der Waals surface area contributed by atoms with Gasteiger partial charge in [0, 0.05) is 49.1 Å². The fourth-order valence-electron chi connectivity index (χ4n) is 5.74. The number of halogens is 1. The third-order valence-corrected chi connectivity index (χ3v) is 8.36.